The molecule has 0 bridgehead atoms. The Morgan fingerprint density at radius 1 is 0.194 bits per heavy atom. The predicted molar refractivity (Wildman–Crippen MR) is 417 cm³/mol. The molecular formula is C90H60N4O2S2. The van der Waals surface area contributed by atoms with Crippen LogP contribution in [0.1, 0.15) is 0 Å². The number of rotatable bonds is 13. The van der Waals surface area contributed by atoms with Crippen LogP contribution in [0.5, 0.6) is 0 Å². The molecule has 0 fully saturated rings. The normalized spacial score (nSPS) is 11.5. The standard InChI is InChI=1S/C48H32N2OS.C42H28N2OS/c1-4-14-33(15-5-1)34-26-28-37(29-27-34)49(35-16-6-2-7-17-35)42-22-13-25-46-47(42)41-21-12-23-43(48(41)52-46)50(36-18-8-3-9-19-36)38-30-31-40-39-20-10-11-24-44(39)51-45(40)32-38;1-4-14-29(15-5-1)43(30-16-6-2-7-17-30)36-22-13-25-40-41(36)35-21-12-23-37(42(35)46-40)44(31-18-8-3-9-19-31)32-26-27-34-33-20-10-11-24-38(33)45-39(34)28-32/h1-32H;1-28H. The maximum absolute atomic E-state index is 6.38. The van der Waals surface area contributed by atoms with Crippen molar-refractivity contribution >= 4 is 175 Å². The average molecular weight is 1290 g/mol. The SMILES string of the molecule is c1ccc(-c2ccc(N(c3ccccc3)c3cccc4sc5c(N(c6ccccc6)c6ccc7c(c6)oc6ccccc67)cccc5c34)cc2)cc1.c1ccc(N(c2ccc3c(c2)oc2ccccc23)c2cccc3c2sc2cccc(N(c4ccccc4)c4ccccc4)c23)cc1. The highest BCUT2D eigenvalue weighted by Crippen LogP contribution is 2.52. The third-order valence-electron chi connectivity index (χ3n) is 18.5. The van der Waals surface area contributed by atoms with Gasteiger partial charge in [0.05, 0.1) is 32.1 Å². The van der Waals surface area contributed by atoms with Gasteiger partial charge in [0.25, 0.3) is 0 Å². The summed E-state index contributed by atoms with van der Waals surface area (Å²) in [6, 6.07) is 129. The van der Waals surface area contributed by atoms with Gasteiger partial charge in [0.15, 0.2) is 0 Å². The van der Waals surface area contributed by atoms with Gasteiger partial charge < -0.3 is 28.4 Å². The van der Waals surface area contributed by atoms with E-state index in [1.54, 1.807) is 0 Å². The molecule has 0 radical (unpaired) electrons. The van der Waals surface area contributed by atoms with Crippen LogP contribution in [-0.4, -0.2) is 0 Å². The lowest BCUT2D eigenvalue weighted by molar-refractivity contribution is 0.668. The fourth-order valence-electron chi connectivity index (χ4n) is 14.1. The molecule has 4 heterocycles. The van der Waals surface area contributed by atoms with Crippen molar-refractivity contribution in [2.45, 2.75) is 0 Å². The van der Waals surface area contributed by atoms with Crippen LogP contribution in [0.2, 0.25) is 0 Å². The zero-order chi connectivity index (χ0) is 64.9. The maximum atomic E-state index is 6.38. The summed E-state index contributed by atoms with van der Waals surface area (Å²) in [7, 11) is 0. The summed E-state index contributed by atoms with van der Waals surface area (Å²) in [6.07, 6.45) is 0. The van der Waals surface area contributed by atoms with E-state index in [9.17, 15) is 0 Å². The molecule has 0 aliphatic heterocycles. The Bertz CT molecular complexity index is 6040. The van der Waals surface area contributed by atoms with Gasteiger partial charge >= 0.3 is 0 Å². The van der Waals surface area contributed by atoms with Crippen LogP contribution in [0.15, 0.2) is 373 Å². The zero-order valence-corrected chi connectivity index (χ0v) is 54.7. The van der Waals surface area contributed by atoms with Crippen molar-refractivity contribution in [3.8, 4) is 11.1 Å². The fraction of sp³-hybridized carbons (Fsp3) is 0. The first kappa shape index (κ1) is 58.1. The van der Waals surface area contributed by atoms with Crippen LogP contribution in [0.3, 0.4) is 0 Å². The van der Waals surface area contributed by atoms with Crippen LogP contribution in [0, 0.1) is 0 Å². The second kappa shape index (κ2) is 25.0. The van der Waals surface area contributed by atoms with Crippen LogP contribution in [0.4, 0.5) is 68.2 Å². The minimum Gasteiger partial charge on any atom is -0.456 e. The quantitative estimate of drug-likeness (QED) is 0.115. The van der Waals surface area contributed by atoms with Gasteiger partial charge in [0.1, 0.15) is 22.3 Å². The number of hydrogen-bond donors (Lipinski definition) is 0. The van der Waals surface area contributed by atoms with Crippen LogP contribution in [-0.2, 0) is 0 Å². The van der Waals surface area contributed by atoms with E-state index in [2.05, 4.69) is 359 Å². The number of anilines is 12. The van der Waals surface area contributed by atoms with Gasteiger partial charge in [-0.1, -0.05) is 206 Å². The van der Waals surface area contributed by atoms with Gasteiger partial charge in [-0.15, -0.1) is 22.7 Å². The second-order valence-corrected chi connectivity index (χ2v) is 26.4. The number of furan rings is 2. The lowest BCUT2D eigenvalue weighted by Crippen LogP contribution is -2.10. The van der Waals surface area contributed by atoms with E-state index >= 15 is 0 Å². The van der Waals surface area contributed by atoms with Crippen molar-refractivity contribution in [3.05, 3.63) is 364 Å². The first-order chi connectivity index (χ1) is 48.6. The molecule has 0 aliphatic rings. The maximum Gasteiger partial charge on any atom is 0.137 e. The van der Waals surface area contributed by atoms with E-state index in [1.807, 2.05) is 46.9 Å². The zero-order valence-electron chi connectivity index (χ0n) is 53.1. The van der Waals surface area contributed by atoms with Crippen molar-refractivity contribution in [2.75, 3.05) is 19.6 Å². The van der Waals surface area contributed by atoms with E-state index in [4.69, 9.17) is 8.83 Å². The third kappa shape index (κ3) is 10.4. The van der Waals surface area contributed by atoms with E-state index in [0.717, 1.165) is 112 Å². The second-order valence-electron chi connectivity index (χ2n) is 24.3. The number of nitrogens with zero attached hydrogens (tertiary/aromatic N) is 4. The highest BCUT2D eigenvalue weighted by molar-refractivity contribution is 7.27. The van der Waals surface area contributed by atoms with Gasteiger partial charge in [0.2, 0.25) is 0 Å². The van der Waals surface area contributed by atoms with E-state index in [0.29, 0.717) is 0 Å². The Morgan fingerprint density at radius 2 is 0.480 bits per heavy atom. The summed E-state index contributed by atoms with van der Waals surface area (Å²) in [6.45, 7) is 0. The lowest BCUT2D eigenvalue weighted by atomic mass is 10.0. The Labute approximate surface area is 574 Å². The molecule has 8 heteroatoms. The smallest absolute Gasteiger partial charge is 0.137 e. The first-order valence-corrected chi connectivity index (χ1v) is 34.6. The number of benzene rings is 15. The summed E-state index contributed by atoms with van der Waals surface area (Å²) in [4.78, 5) is 9.48. The Kier molecular flexibility index (Phi) is 14.8. The predicted octanol–water partition coefficient (Wildman–Crippen LogP) is 27.5. The monoisotopic (exact) mass is 1290 g/mol. The summed E-state index contributed by atoms with van der Waals surface area (Å²) >= 11 is 3.69. The van der Waals surface area contributed by atoms with Crippen molar-refractivity contribution in [1.82, 2.24) is 0 Å². The molecule has 6 nitrogen and oxygen atoms in total. The largest absolute Gasteiger partial charge is 0.456 e. The molecule has 4 aromatic heterocycles. The Hall–Kier alpha value is -12.5. The molecule has 0 saturated heterocycles. The summed E-state index contributed by atoms with van der Waals surface area (Å²) in [5, 5.41) is 9.45. The molecule has 0 spiro atoms. The minimum atomic E-state index is 0.877. The number of para-hydroxylation sites is 7. The molecule has 0 atom stereocenters. The minimum absolute atomic E-state index is 0.877. The van der Waals surface area contributed by atoms with E-state index < -0.39 is 0 Å². The van der Waals surface area contributed by atoms with Crippen molar-refractivity contribution in [1.29, 1.82) is 0 Å². The molecule has 15 aromatic carbocycles. The van der Waals surface area contributed by atoms with Crippen molar-refractivity contribution < 1.29 is 8.83 Å². The molecule has 0 saturated carbocycles. The molecule has 19 aromatic rings. The van der Waals surface area contributed by atoms with Gasteiger partial charge in [-0.3, -0.25) is 0 Å². The Balaban J connectivity index is 0.000000143. The molecule has 464 valence electrons. The molecule has 0 N–H and O–H groups in total. The van der Waals surface area contributed by atoms with Crippen LogP contribution in [0.25, 0.3) is 95.3 Å². The molecule has 98 heavy (non-hydrogen) atoms. The fourth-order valence-corrected chi connectivity index (χ4v) is 16.5. The highest BCUT2D eigenvalue weighted by atomic mass is 32.1. The number of hydrogen-bond acceptors (Lipinski definition) is 8. The van der Waals surface area contributed by atoms with E-state index in [-0.39, 0.29) is 0 Å². The number of fused-ring (bicyclic) bond motifs is 12. The van der Waals surface area contributed by atoms with Gasteiger partial charge in [-0.05, 0) is 157 Å². The summed E-state index contributed by atoms with van der Waals surface area (Å²) in [5.41, 5.74) is 19.3. The third-order valence-corrected chi connectivity index (χ3v) is 20.9. The van der Waals surface area contributed by atoms with Crippen molar-refractivity contribution in [2.24, 2.45) is 0 Å². The van der Waals surface area contributed by atoms with Crippen LogP contribution < -0.4 is 19.6 Å². The van der Waals surface area contributed by atoms with Gasteiger partial charge in [-0.2, -0.15) is 0 Å². The molecular weight excluding hydrogens is 1230 g/mol. The molecule has 0 unspecified atom stereocenters. The molecule has 0 aliphatic carbocycles. The summed E-state index contributed by atoms with van der Waals surface area (Å²) in [5.74, 6) is 0. The average Bonchev–Trinajstić information content (AvgIpc) is 1.58. The van der Waals surface area contributed by atoms with Crippen LogP contribution >= 0.6 is 22.7 Å². The Morgan fingerprint density at radius 3 is 0.878 bits per heavy atom. The molecule has 0 amide bonds. The van der Waals surface area contributed by atoms with Crippen molar-refractivity contribution in [3.63, 3.8) is 0 Å². The highest BCUT2D eigenvalue weighted by Gasteiger charge is 2.26. The lowest BCUT2D eigenvalue weighted by Gasteiger charge is -2.27. The van der Waals surface area contributed by atoms with Gasteiger partial charge in [0, 0.05) is 110 Å². The molecule has 19 rings (SSSR count). The van der Waals surface area contributed by atoms with Gasteiger partial charge in [-0.25, -0.2) is 0 Å². The number of thiophene rings is 2. The topological polar surface area (TPSA) is 39.2 Å². The summed E-state index contributed by atoms with van der Waals surface area (Å²) < 4.78 is 17.7. The first-order valence-electron chi connectivity index (χ1n) is 33.0. The van der Waals surface area contributed by atoms with E-state index in [1.165, 1.54) is 51.5 Å².